The van der Waals surface area contributed by atoms with Gasteiger partial charge in [0.1, 0.15) is 0 Å². The monoisotopic (exact) mass is 403 g/mol. The molecule has 3 aromatic carbocycles. The van der Waals surface area contributed by atoms with Gasteiger partial charge in [-0.2, -0.15) is 0 Å². The van der Waals surface area contributed by atoms with Crippen molar-refractivity contribution in [3.63, 3.8) is 0 Å². The fourth-order valence-corrected chi connectivity index (χ4v) is 2.98. The molecule has 152 valence electrons. The van der Waals surface area contributed by atoms with E-state index in [0.717, 1.165) is 21.9 Å². The summed E-state index contributed by atoms with van der Waals surface area (Å²) in [5.41, 5.74) is 1.94. The van der Waals surface area contributed by atoms with Gasteiger partial charge in [0, 0.05) is 18.8 Å². The van der Waals surface area contributed by atoms with Crippen molar-refractivity contribution in [1.29, 1.82) is 0 Å². The Balaban J connectivity index is 1.81. The molecule has 7 nitrogen and oxygen atoms in total. The number of rotatable bonds is 5. The molecule has 0 bridgehead atoms. The van der Waals surface area contributed by atoms with E-state index in [0.29, 0.717) is 5.69 Å². The number of carbonyl (C=O) groups excluding carboxylic acids is 2. The topological polar surface area (TPSA) is 108 Å². The van der Waals surface area contributed by atoms with Crippen LogP contribution in [0.25, 0.3) is 16.3 Å². The lowest BCUT2D eigenvalue weighted by Gasteiger charge is -2.11. The number of urea groups is 1. The molecule has 0 fully saturated rings. The number of hydrogen-bond donors (Lipinski definition) is 4. The zero-order valence-electron chi connectivity index (χ0n) is 16.5. The minimum absolute atomic E-state index is 0.131. The number of carboxylic acids is 1. The van der Waals surface area contributed by atoms with Gasteiger partial charge in [0.2, 0.25) is 5.91 Å². The Bertz CT molecular complexity index is 1170. The number of hydrogen-bond acceptors (Lipinski definition) is 3. The van der Waals surface area contributed by atoms with Gasteiger partial charge in [0.25, 0.3) is 0 Å². The molecule has 0 saturated heterocycles. The van der Waals surface area contributed by atoms with Crippen LogP contribution in [-0.4, -0.2) is 30.1 Å². The van der Waals surface area contributed by atoms with Crippen molar-refractivity contribution in [2.45, 2.75) is 6.92 Å². The second-order valence-electron chi connectivity index (χ2n) is 6.65. The van der Waals surface area contributed by atoms with Crippen LogP contribution in [0, 0.1) is 0 Å². The first-order valence-corrected chi connectivity index (χ1v) is 9.22. The summed E-state index contributed by atoms with van der Waals surface area (Å²) < 4.78 is 0. The predicted molar refractivity (Wildman–Crippen MR) is 118 cm³/mol. The summed E-state index contributed by atoms with van der Waals surface area (Å²) in [6.45, 7) is 1.82. The molecule has 0 saturated carbocycles. The maximum absolute atomic E-state index is 12.5. The van der Waals surface area contributed by atoms with Crippen molar-refractivity contribution in [2.75, 3.05) is 17.7 Å². The van der Waals surface area contributed by atoms with Gasteiger partial charge in [-0.05, 0) is 53.1 Å². The highest BCUT2D eigenvalue weighted by Crippen LogP contribution is 2.23. The Hall–Kier alpha value is -4.13. The summed E-state index contributed by atoms with van der Waals surface area (Å²) in [7, 11) is 1.45. The molecule has 0 aliphatic heterocycles. The smallest absolute Gasteiger partial charge is 0.337 e. The van der Waals surface area contributed by atoms with Crippen LogP contribution in [-0.2, 0) is 4.79 Å². The van der Waals surface area contributed by atoms with Crippen LogP contribution in [0.1, 0.15) is 22.8 Å². The van der Waals surface area contributed by atoms with E-state index in [-0.39, 0.29) is 11.3 Å². The van der Waals surface area contributed by atoms with E-state index in [1.165, 1.54) is 31.3 Å². The molecule has 0 aliphatic carbocycles. The SMILES string of the molecule is CNC(=O)Nc1ccc(NC(=O)/C=C(/C)c2ccc3ccccc3c2)c(C(=O)O)c1. The summed E-state index contributed by atoms with van der Waals surface area (Å²) in [6, 6.07) is 17.6. The largest absolute Gasteiger partial charge is 0.478 e. The van der Waals surface area contributed by atoms with Crippen LogP contribution in [0.3, 0.4) is 0 Å². The highest BCUT2D eigenvalue weighted by Gasteiger charge is 2.14. The number of amides is 3. The number of aromatic carboxylic acids is 1. The summed E-state index contributed by atoms with van der Waals surface area (Å²) in [6.07, 6.45) is 1.42. The molecule has 0 atom stereocenters. The van der Waals surface area contributed by atoms with E-state index in [2.05, 4.69) is 16.0 Å². The quantitative estimate of drug-likeness (QED) is 0.476. The van der Waals surface area contributed by atoms with Crippen LogP contribution >= 0.6 is 0 Å². The van der Waals surface area contributed by atoms with Crippen molar-refractivity contribution in [3.8, 4) is 0 Å². The number of fused-ring (bicyclic) bond motifs is 1. The Labute approximate surface area is 173 Å². The van der Waals surface area contributed by atoms with Crippen molar-refractivity contribution < 1.29 is 19.5 Å². The first kappa shape index (κ1) is 20.6. The van der Waals surface area contributed by atoms with Gasteiger partial charge in [-0.3, -0.25) is 4.79 Å². The summed E-state index contributed by atoms with van der Waals surface area (Å²) in [5.74, 6) is -1.67. The number of carbonyl (C=O) groups is 3. The average Bonchev–Trinajstić information content (AvgIpc) is 2.74. The Kier molecular flexibility index (Phi) is 6.12. The van der Waals surface area contributed by atoms with Gasteiger partial charge in [-0.25, -0.2) is 9.59 Å². The second-order valence-corrected chi connectivity index (χ2v) is 6.65. The molecule has 3 aromatic rings. The summed E-state index contributed by atoms with van der Waals surface area (Å²) in [5, 5.41) is 19.1. The van der Waals surface area contributed by atoms with Crippen LogP contribution < -0.4 is 16.0 Å². The van der Waals surface area contributed by atoms with Crippen LogP contribution in [0.2, 0.25) is 0 Å². The Morgan fingerprint density at radius 1 is 0.900 bits per heavy atom. The maximum Gasteiger partial charge on any atom is 0.337 e. The van der Waals surface area contributed by atoms with Crippen molar-refractivity contribution in [3.05, 3.63) is 77.9 Å². The third-order valence-electron chi connectivity index (χ3n) is 4.55. The predicted octanol–water partition coefficient (Wildman–Crippen LogP) is 4.33. The molecular weight excluding hydrogens is 382 g/mol. The average molecular weight is 403 g/mol. The lowest BCUT2D eigenvalue weighted by atomic mass is 10.0. The fourth-order valence-electron chi connectivity index (χ4n) is 2.98. The molecular formula is C23H21N3O4. The maximum atomic E-state index is 12.5. The van der Waals surface area contributed by atoms with E-state index in [1.807, 2.05) is 49.4 Å². The zero-order chi connectivity index (χ0) is 21.7. The zero-order valence-corrected chi connectivity index (χ0v) is 16.5. The molecule has 0 aromatic heterocycles. The van der Waals surface area contributed by atoms with Crippen molar-refractivity contribution in [1.82, 2.24) is 5.32 Å². The molecule has 30 heavy (non-hydrogen) atoms. The van der Waals surface area contributed by atoms with Gasteiger partial charge >= 0.3 is 12.0 Å². The van der Waals surface area contributed by atoms with Crippen LogP contribution in [0.15, 0.2) is 66.7 Å². The molecule has 0 radical (unpaired) electrons. The fraction of sp³-hybridized carbons (Fsp3) is 0.0870. The molecule has 3 amide bonds. The third kappa shape index (κ3) is 4.82. The third-order valence-corrected chi connectivity index (χ3v) is 4.55. The standard InChI is InChI=1S/C23H21N3O4/c1-14(16-8-7-15-5-3-4-6-17(15)12-16)11-21(27)26-20-10-9-18(25-23(30)24-2)13-19(20)22(28)29/h3-13H,1-2H3,(H,26,27)(H,28,29)(H2,24,25,30)/b14-11-. The number of benzene rings is 3. The minimum Gasteiger partial charge on any atom is -0.478 e. The van der Waals surface area contributed by atoms with E-state index in [1.54, 1.807) is 0 Å². The number of allylic oxidation sites excluding steroid dienone is 1. The van der Waals surface area contributed by atoms with Crippen LogP contribution in [0.4, 0.5) is 16.2 Å². The molecule has 0 spiro atoms. The molecule has 4 N–H and O–H groups in total. The van der Waals surface area contributed by atoms with E-state index in [9.17, 15) is 19.5 Å². The van der Waals surface area contributed by atoms with Crippen molar-refractivity contribution in [2.24, 2.45) is 0 Å². The highest BCUT2D eigenvalue weighted by atomic mass is 16.4. The Morgan fingerprint density at radius 2 is 1.63 bits per heavy atom. The van der Waals surface area contributed by atoms with E-state index < -0.39 is 17.9 Å². The number of nitrogens with one attached hydrogen (secondary N) is 3. The first-order chi connectivity index (χ1) is 14.4. The summed E-state index contributed by atoms with van der Waals surface area (Å²) in [4.78, 5) is 35.5. The van der Waals surface area contributed by atoms with E-state index >= 15 is 0 Å². The van der Waals surface area contributed by atoms with Gasteiger partial charge in [-0.1, -0.05) is 36.4 Å². The van der Waals surface area contributed by atoms with E-state index in [4.69, 9.17) is 0 Å². The van der Waals surface area contributed by atoms with Crippen LogP contribution in [0.5, 0.6) is 0 Å². The molecule has 0 unspecified atom stereocenters. The van der Waals surface area contributed by atoms with Gasteiger partial charge < -0.3 is 21.1 Å². The Morgan fingerprint density at radius 3 is 2.33 bits per heavy atom. The normalized spacial score (nSPS) is 11.1. The molecule has 0 aliphatic rings. The lowest BCUT2D eigenvalue weighted by molar-refractivity contribution is -0.111. The highest BCUT2D eigenvalue weighted by molar-refractivity contribution is 6.08. The van der Waals surface area contributed by atoms with Gasteiger partial charge in [-0.15, -0.1) is 0 Å². The second kappa shape index (κ2) is 8.91. The lowest BCUT2D eigenvalue weighted by Crippen LogP contribution is -2.24. The minimum atomic E-state index is -1.22. The van der Waals surface area contributed by atoms with Gasteiger partial charge in [0.15, 0.2) is 0 Å². The molecule has 0 heterocycles. The first-order valence-electron chi connectivity index (χ1n) is 9.22. The molecule has 3 rings (SSSR count). The number of anilines is 2. The van der Waals surface area contributed by atoms with Crippen molar-refractivity contribution >= 4 is 45.6 Å². The number of carboxylic acid groups (broad SMARTS) is 1. The van der Waals surface area contributed by atoms with Gasteiger partial charge in [0.05, 0.1) is 11.3 Å². The molecule has 7 heteroatoms. The summed E-state index contributed by atoms with van der Waals surface area (Å²) >= 11 is 0.